The van der Waals surface area contributed by atoms with Crippen molar-refractivity contribution < 1.29 is 71.9 Å². The van der Waals surface area contributed by atoms with Crippen LogP contribution in [0.25, 0.3) is 0 Å². The predicted molar refractivity (Wildman–Crippen MR) is 228 cm³/mol. The maximum Gasteiger partial charge on any atom is 0.508 e. The Morgan fingerprint density at radius 2 is 1.49 bits per heavy atom. The molecule has 0 aromatic heterocycles. The van der Waals surface area contributed by atoms with Crippen LogP contribution in [0.5, 0.6) is 28.7 Å². The summed E-state index contributed by atoms with van der Waals surface area (Å²) in [6, 6.07) is 6.94. The van der Waals surface area contributed by atoms with Crippen molar-refractivity contribution in [3.63, 3.8) is 0 Å². The Labute approximate surface area is 369 Å². The number of unbranched alkanes of at least 4 members (excludes halogenated alkanes) is 9. The molecule has 2 N–H and O–H groups in total. The summed E-state index contributed by atoms with van der Waals surface area (Å²) in [6.45, 7) is 4.20. The monoisotopic (exact) mass is 880 g/mol. The second-order valence-corrected chi connectivity index (χ2v) is 16.8. The standard InChI is InChI=1S/C48H64O15/c1-5-6-7-8-9-10-11-12-13-14-15-16-17-18-19-20-21-55-48(52)63-45-42(50)47(61-38-27-56-29(2)60-44(38)45)62-43-32-25-35-34(58-28-59-35)24-31(32)39(40-33(43)26-57-46(40)51)30-22-36(53-3)41(49)37(23-30)54-4/h9-10,12-13,22-25,29,33,38-40,42-45,47,49-50H,5-8,11,14-21,26-28H2,1-4H3/t29-,33+,38-,39-,40+,42-,43-,44?,45-,47+/m1/s1. The van der Waals surface area contributed by atoms with Gasteiger partial charge in [0.2, 0.25) is 12.5 Å². The van der Waals surface area contributed by atoms with Crippen molar-refractivity contribution in [2.75, 3.05) is 40.8 Å². The minimum absolute atomic E-state index is 0.00115. The number of aliphatic hydroxyl groups excluding tert-OH is 1. The number of methoxy groups -OCH3 is 2. The molecule has 7 rings (SSSR count). The lowest BCUT2D eigenvalue weighted by atomic mass is 9.66. The van der Waals surface area contributed by atoms with Crippen molar-refractivity contribution in [3.05, 3.63) is 65.3 Å². The molecular weight excluding hydrogens is 817 g/mol. The Morgan fingerprint density at radius 3 is 2.19 bits per heavy atom. The van der Waals surface area contributed by atoms with Crippen LogP contribution in [0.1, 0.15) is 120 Å². The van der Waals surface area contributed by atoms with Gasteiger partial charge in [0, 0.05) is 11.8 Å². The van der Waals surface area contributed by atoms with Crippen molar-refractivity contribution in [2.24, 2.45) is 11.8 Å². The summed E-state index contributed by atoms with van der Waals surface area (Å²) in [5.74, 6) is -1.32. The number of hydrogen-bond acceptors (Lipinski definition) is 15. The molecular formula is C48H64O15. The van der Waals surface area contributed by atoms with Crippen LogP contribution in [0, 0.1) is 11.8 Å². The molecule has 1 unspecified atom stereocenters. The van der Waals surface area contributed by atoms with Crippen LogP contribution in [0.2, 0.25) is 0 Å². The van der Waals surface area contributed by atoms with Gasteiger partial charge in [-0.25, -0.2) is 4.79 Å². The molecule has 0 amide bonds. The molecule has 0 saturated carbocycles. The number of fused-ring (bicyclic) bond motifs is 4. The number of hydrogen-bond donors (Lipinski definition) is 2. The molecule has 3 fully saturated rings. The van der Waals surface area contributed by atoms with E-state index < -0.39 is 73.0 Å². The second kappa shape index (κ2) is 22.4. The quantitative estimate of drug-likeness (QED) is 0.0695. The van der Waals surface area contributed by atoms with Crippen molar-refractivity contribution >= 4 is 12.1 Å². The van der Waals surface area contributed by atoms with Gasteiger partial charge in [0.25, 0.3) is 0 Å². The van der Waals surface area contributed by atoms with Crippen LogP contribution >= 0.6 is 0 Å². The lowest BCUT2D eigenvalue weighted by Gasteiger charge is -2.48. The molecule has 63 heavy (non-hydrogen) atoms. The topological polar surface area (TPSA) is 176 Å². The SMILES string of the molecule is CCCCCC=CCC=CCCCCCCCCOC(=O)O[C@H]1C2O[C@H](C)OC[C@H]2O[C@@H](O[C@@H]2c3cc4c(cc3[C@@H](c3cc(OC)c(O)c(OC)c3)[C@H]3C(=O)OC[C@@H]32)OCO4)[C@@H]1O. The lowest BCUT2D eigenvalue weighted by molar-refractivity contribution is -0.364. The van der Waals surface area contributed by atoms with Crippen LogP contribution in [-0.2, 0) is 38.0 Å². The third-order valence-electron chi connectivity index (χ3n) is 12.5. The molecule has 4 heterocycles. The van der Waals surface area contributed by atoms with E-state index in [0.29, 0.717) is 34.6 Å². The molecule has 10 atom stereocenters. The summed E-state index contributed by atoms with van der Waals surface area (Å²) >= 11 is 0. The van der Waals surface area contributed by atoms with E-state index in [9.17, 15) is 19.8 Å². The fourth-order valence-corrected chi connectivity index (χ4v) is 9.25. The molecule has 3 saturated heterocycles. The van der Waals surface area contributed by atoms with E-state index in [1.54, 1.807) is 25.1 Å². The summed E-state index contributed by atoms with van der Waals surface area (Å²) < 4.78 is 64.4. The zero-order chi connectivity index (χ0) is 44.3. The van der Waals surface area contributed by atoms with E-state index >= 15 is 0 Å². The number of cyclic esters (lactones) is 1. The number of phenolic OH excluding ortho intramolecular Hbond substituents is 1. The highest BCUT2D eigenvalue weighted by molar-refractivity contribution is 5.79. The van der Waals surface area contributed by atoms with Gasteiger partial charge in [-0.2, -0.15) is 0 Å². The van der Waals surface area contributed by atoms with Crippen LogP contribution in [-0.4, -0.2) is 100 Å². The molecule has 0 radical (unpaired) electrons. The Bertz CT molecular complexity index is 1870. The number of esters is 1. The highest BCUT2D eigenvalue weighted by atomic mass is 16.8. The van der Waals surface area contributed by atoms with E-state index in [2.05, 4.69) is 31.2 Å². The Hall–Kier alpha value is -4.54. The molecule has 346 valence electrons. The predicted octanol–water partition coefficient (Wildman–Crippen LogP) is 8.31. The number of phenols is 1. The third-order valence-corrected chi connectivity index (χ3v) is 12.5. The average Bonchev–Trinajstić information content (AvgIpc) is 3.91. The first-order valence-corrected chi connectivity index (χ1v) is 22.7. The van der Waals surface area contributed by atoms with E-state index in [4.69, 9.17) is 52.1 Å². The summed E-state index contributed by atoms with van der Waals surface area (Å²) in [4.78, 5) is 26.9. The van der Waals surface area contributed by atoms with Gasteiger partial charge >= 0.3 is 12.1 Å². The molecule has 15 nitrogen and oxygen atoms in total. The number of carbonyl (C=O) groups is 2. The maximum absolute atomic E-state index is 13.7. The first-order chi connectivity index (χ1) is 30.7. The van der Waals surface area contributed by atoms with E-state index in [0.717, 1.165) is 44.9 Å². The fourth-order valence-electron chi connectivity index (χ4n) is 9.25. The van der Waals surface area contributed by atoms with Gasteiger partial charge in [0.15, 0.2) is 41.7 Å². The number of carbonyl (C=O) groups excluding carboxylic acids is 2. The van der Waals surface area contributed by atoms with Gasteiger partial charge in [-0.05, 0) is 86.4 Å². The van der Waals surface area contributed by atoms with Crippen molar-refractivity contribution in [1.82, 2.24) is 0 Å². The average molecular weight is 881 g/mol. The van der Waals surface area contributed by atoms with Crippen LogP contribution in [0.15, 0.2) is 48.6 Å². The van der Waals surface area contributed by atoms with Crippen molar-refractivity contribution in [3.8, 4) is 28.7 Å². The van der Waals surface area contributed by atoms with Crippen molar-refractivity contribution in [2.45, 2.75) is 140 Å². The second-order valence-electron chi connectivity index (χ2n) is 16.8. The summed E-state index contributed by atoms with van der Waals surface area (Å²) in [5, 5.41) is 22.7. The van der Waals surface area contributed by atoms with Gasteiger partial charge in [0.05, 0.1) is 46.1 Å². The highest BCUT2D eigenvalue weighted by Crippen LogP contribution is 2.57. The number of ether oxygens (including phenoxy) is 11. The minimum Gasteiger partial charge on any atom is -0.502 e. The van der Waals surface area contributed by atoms with E-state index in [1.807, 2.05) is 6.07 Å². The maximum atomic E-state index is 13.7. The van der Waals surface area contributed by atoms with Gasteiger partial charge < -0.3 is 62.3 Å². The highest BCUT2D eigenvalue weighted by Gasteiger charge is 2.57. The Kier molecular flexibility index (Phi) is 16.5. The number of benzene rings is 2. The van der Waals surface area contributed by atoms with Gasteiger partial charge in [-0.1, -0.05) is 69.8 Å². The summed E-state index contributed by atoms with van der Waals surface area (Å²) in [5.41, 5.74) is 1.93. The van der Waals surface area contributed by atoms with Crippen LogP contribution in [0.3, 0.4) is 0 Å². The first-order valence-electron chi connectivity index (χ1n) is 22.7. The fraction of sp³-hybridized carbons (Fsp3) is 0.625. The molecule has 4 aliphatic heterocycles. The van der Waals surface area contributed by atoms with Crippen LogP contribution in [0.4, 0.5) is 4.79 Å². The molecule has 2 aromatic rings. The zero-order valence-electron chi connectivity index (χ0n) is 36.9. The minimum atomic E-state index is -1.52. The molecule has 2 aromatic carbocycles. The molecule has 5 aliphatic rings. The molecule has 0 spiro atoms. The van der Waals surface area contributed by atoms with Crippen LogP contribution < -0.4 is 18.9 Å². The molecule has 15 heteroatoms. The summed E-state index contributed by atoms with van der Waals surface area (Å²) in [6.07, 6.45) is 14.0. The van der Waals surface area contributed by atoms with Crippen molar-refractivity contribution in [1.29, 1.82) is 0 Å². The first kappa shape index (κ1) is 46.5. The number of rotatable bonds is 21. The van der Waals surface area contributed by atoms with Gasteiger partial charge in [-0.15, -0.1) is 0 Å². The van der Waals surface area contributed by atoms with Gasteiger partial charge in [-0.3, -0.25) is 4.79 Å². The third kappa shape index (κ3) is 11.1. The Morgan fingerprint density at radius 1 is 0.825 bits per heavy atom. The van der Waals surface area contributed by atoms with E-state index in [-0.39, 0.29) is 43.9 Å². The van der Waals surface area contributed by atoms with Gasteiger partial charge in [0.1, 0.15) is 18.3 Å². The zero-order valence-corrected chi connectivity index (χ0v) is 36.9. The largest absolute Gasteiger partial charge is 0.508 e. The summed E-state index contributed by atoms with van der Waals surface area (Å²) in [7, 11) is 2.86. The molecule has 1 aliphatic carbocycles. The molecule has 0 bridgehead atoms. The number of aliphatic hydroxyl groups is 1. The number of aromatic hydroxyl groups is 1. The van der Waals surface area contributed by atoms with E-state index in [1.165, 1.54) is 39.9 Å². The number of allylic oxidation sites excluding steroid dienone is 4. The lowest BCUT2D eigenvalue weighted by Crippen LogP contribution is -2.64. The smallest absolute Gasteiger partial charge is 0.502 e. The Balaban J connectivity index is 0.981. The normalized spacial score (nSPS) is 28.4.